The Morgan fingerprint density at radius 1 is 0.909 bits per heavy atom. The molecule has 0 bridgehead atoms. The summed E-state index contributed by atoms with van der Waals surface area (Å²) in [5, 5.41) is 0. The van der Waals surface area contributed by atoms with Crippen molar-refractivity contribution in [2.45, 2.75) is 26.4 Å². The maximum Gasteiger partial charge on any atom is 0.178 e. The lowest BCUT2D eigenvalue weighted by Crippen LogP contribution is -2.22. The molecule has 2 atom stereocenters. The van der Waals surface area contributed by atoms with Crippen molar-refractivity contribution in [3.05, 3.63) is 0 Å². The largest absolute Gasteiger partial charge is 0.354 e. The van der Waals surface area contributed by atoms with E-state index in [2.05, 4.69) is 15.3 Å². The average Bonchev–Trinajstić information content (AvgIpc) is 2.04. The number of hydrogen-bond donors (Lipinski definition) is 0. The SMILES string of the molecule is COC(C)O[N]OC(C)OC. The first-order valence-corrected chi connectivity index (χ1v) is 3.28. The summed E-state index contributed by atoms with van der Waals surface area (Å²) in [5.74, 6) is 0. The highest BCUT2D eigenvalue weighted by Gasteiger charge is 2.03. The summed E-state index contributed by atoms with van der Waals surface area (Å²) in [6.07, 6.45) is -0.807. The van der Waals surface area contributed by atoms with Gasteiger partial charge in [0.15, 0.2) is 12.6 Å². The Labute approximate surface area is 66.5 Å². The number of rotatable bonds is 6. The molecule has 11 heavy (non-hydrogen) atoms. The van der Waals surface area contributed by atoms with Crippen LogP contribution in [0.4, 0.5) is 0 Å². The molecular weight excluding hydrogens is 150 g/mol. The molecule has 0 aromatic rings. The van der Waals surface area contributed by atoms with Gasteiger partial charge in [-0.25, -0.2) is 9.68 Å². The molecule has 0 aromatic carbocycles. The quantitative estimate of drug-likeness (QED) is 0.422. The van der Waals surface area contributed by atoms with E-state index in [4.69, 9.17) is 9.47 Å². The molecule has 2 unspecified atom stereocenters. The summed E-state index contributed by atoms with van der Waals surface area (Å²) in [6.45, 7) is 3.40. The van der Waals surface area contributed by atoms with Crippen LogP contribution in [-0.4, -0.2) is 26.8 Å². The van der Waals surface area contributed by atoms with E-state index in [1.54, 1.807) is 13.8 Å². The first-order valence-electron chi connectivity index (χ1n) is 3.28. The Morgan fingerprint density at radius 2 is 1.27 bits per heavy atom. The van der Waals surface area contributed by atoms with E-state index >= 15 is 0 Å². The van der Waals surface area contributed by atoms with E-state index < -0.39 is 12.6 Å². The van der Waals surface area contributed by atoms with Crippen LogP contribution in [0.2, 0.25) is 0 Å². The van der Waals surface area contributed by atoms with Crippen molar-refractivity contribution >= 4 is 0 Å². The molecule has 0 saturated heterocycles. The van der Waals surface area contributed by atoms with E-state index in [0.717, 1.165) is 0 Å². The van der Waals surface area contributed by atoms with Crippen molar-refractivity contribution in [3.63, 3.8) is 0 Å². The molecule has 1 radical (unpaired) electrons. The average molecular weight is 164 g/mol. The Hall–Kier alpha value is -0.200. The van der Waals surface area contributed by atoms with Crippen molar-refractivity contribution in [2.75, 3.05) is 14.2 Å². The lowest BCUT2D eigenvalue weighted by atomic mass is 10.8. The van der Waals surface area contributed by atoms with E-state index in [-0.39, 0.29) is 0 Å². The molecule has 0 amide bonds. The number of methoxy groups -OCH3 is 2. The number of hydrogen-bond acceptors (Lipinski definition) is 4. The Kier molecular flexibility index (Phi) is 6.39. The molecule has 0 saturated carbocycles. The zero-order valence-corrected chi connectivity index (χ0v) is 7.23. The zero-order chi connectivity index (χ0) is 8.69. The molecule has 0 fully saturated rings. The lowest BCUT2D eigenvalue weighted by Gasteiger charge is -2.11. The molecule has 0 aromatic heterocycles. The highest BCUT2D eigenvalue weighted by Crippen LogP contribution is 1.91. The molecule has 0 aliphatic heterocycles. The van der Waals surface area contributed by atoms with Gasteiger partial charge in [-0.1, -0.05) is 0 Å². The van der Waals surface area contributed by atoms with Crippen molar-refractivity contribution in [1.29, 1.82) is 0 Å². The fourth-order valence-electron chi connectivity index (χ4n) is 0.232. The van der Waals surface area contributed by atoms with Gasteiger partial charge in [-0.3, -0.25) is 0 Å². The topological polar surface area (TPSA) is 51.0 Å². The molecule has 0 N–H and O–H groups in total. The Bertz CT molecular complexity index is 80.7. The standard InChI is InChI=1S/C6H14NO4/c1-5(8-3)10-7-11-6(2)9-4/h5-6H,1-4H3. The van der Waals surface area contributed by atoms with Crippen LogP contribution in [0.15, 0.2) is 0 Å². The predicted octanol–water partition coefficient (Wildman–Crippen LogP) is 0.439. The van der Waals surface area contributed by atoms with Crippen LogP contribution >= 0.6 is 0 Å². The van der Waals surface area contributed by atoms with Crippen LogP contribution in [0, 0.1) is 0 Å². The van der Waals surface area contributed by atoms with Crippen molar-refractivity contribution in [2.24, 2.45) is 0 Å². The van der Waals surface area contributed by atoms with Gasteiger partial charge >= 0.3 is 0 Å². The highest BCUT2D eigenvalue weighted by atomic mass is 17.0. The van der Waals surface area contributed by atoms with E-state index in [1.807, 2.05) is 0 Å². The maximum absolute atomic E-state index is 4.73. The van der Waals surface area contributed by atoms with Crippen molar-refractivity contribution in [1.82, 2.24) is 5.64 Å². The fourth-order valence-corrected chi connectivity index (χ4v) is 0.232. The summed E-state index contributed by atoms with van der Waals surface area (Å²) in [7, 11) is 3.03. The number of nitrogens with zero attached hydrogens (tertiary/aromatic N) is 1. The highest BCUT2D eigenvalue weighted by molar-refractivity contribution is 4.21. The summed E-state index contributed by atoms with van der Waals surface area (Å²) in [4.78, 5) is 9.33. The maximum atomic E-state index is 4.73. The summed E-state index contributed by atoms with van der Waals surface area (Å²) < 4.78 is 9.46. The molecule has 0 aliphatic carbocycles. The second-order valence-corrected chi connectivity index (χ2v) is 1.89. The number of ether oxygens (including phenoxy) is 2. The summed E-state index contributed by atoms with van der Waals surface area (Å²) in [6, 6.07) is 0. The van der Waals surface area contributed by atoms with Crippen LogP contribution < -0.4 is 5.64 Å². The van der Waals surface area contributed by atoms with Gasteiger partial charge in [0, 0.05) is 14.2 Å². The Balaban J connectivity index is 3.13. The monoisotopic (exact) mass is 164 g/mol. The van der Waals surface area contributed by atoms with Crippen LogP contribution in [0.5, 0.6) is 0 Å². The van der Waals surface area contributed by atoms with Crippen LogP contribution in [-0.2, 0) is 19.1 Å². The van der Waals surface area contributed by atoms with E-state index in [0.29, 0.717) is 0 Å². The van der Waals surface area contributed by atoms with Gasteiger partial charge in [-0.2, -0.15) is 0 Å². The molecule has 5 heteroatoms. The molecule has 67 valence electrons. The smallest absolute Gasteiger partial charge is 0.178 e. The molecule has 0 heterocycles. The normalized spacial score (nSPS) is 16.4. The van der Waals surface area contributed by atoms with Gasteiger partial charge < -0.3 is 9.47 Å². The molecule has 5 nitrogen and oxygen atoms in total. The second kappa shape index (κ2) is 6.51. The summed E-state index contributed by atoms with van der Waals surface area (Å²) in [5.41, 5.74) is 3.26. The third-order valence-corrected chi connectivity index (χ3v) is 1.05. The minimum absolute atomic E-state index is 0.404. The fraction of sp³-hybridized carbons (Fsp3) is 1.00. The van der Waals surface area contributed by atoms with Crippen LogP contribution in [0.25, 0.3) is 0 Å². The molecule has 0 aliphatic rings. The van der Waals surface area contributed by atoms with Gasteiger partial charge in [-0.05, 0) is 13.8 Å². The minimum Gasteiger partial charge on any atom is -0.354 e. The van der Waals surface area contributed by atoms with Gasteiger partial charge in [0.1, 0.15) is 0 Å². The lowest BCUT2D eigenvalue weighted by molar-refractivity contribution is -0.306. The third kappa shape index (κ3) is 6.21. The molecular formula is C6H14NO4. The first-order chi connectivity index (χ1) is 5.20. The molecule has 0 spiro atoms. The molecule has 0 rings (SSSR count). The van der Waals surface area contributed by atoms with Crippen molar-refractivity contribution < 1.29 is 19.1 Å². The third-order valence-electron chi connectivity index (χ3n) is 1.05. The minimum atomic E-state index is -0.404. The van der Waals surface area contributed by atoms with Gasteiger partial charge in [0.05, 0.1) is 5.64 Å². The zero-order valence-electron chi connectivity index (χ0n) is 7.23. The van der Waals surface area contributed by atoms with Crippen LogP contribution in [0.3, 0.4) is 0 Å². The Morgan fingerprint density at radius 3 is 1.55 bits per heavy atom. The second-order valence-electron chi connectivity index (χ2n) is 1.89. The van der Waals surface area contributed by atoms with Gasteiger partial charge in [0.2, 0.25) is 0 Å². The predicted molar refractivity (Wildman–Crippen MR) is 37.2 cm³/mol. The van der Waals surface area contributed by atoms with Gasteiger partial charge in [-0.15, -0.1) is 0 Å². The van der Waals surface area contributed by atoms with Gasteiger partial charge in [0.25, 0.3) is 0 Å². The van der Waals surface area contributed by atoms with E-state index in [9.17, 15) is 0 Å². The van der Waals surface area contributed by atoms with Crippen LogP contribution in [0.1, 0.15) is 13.8 Å². The van der Waals surface area contributed by atoms with E-state index in [1.165, 1.54) is 14.2 Å². The first kappa shape index (κ1) is 10.8. The van der Waals surface area contributed by atoms with Crippen molar-refractivity contribution in [3.8, 4) is 0 Å². The summed E-state index contributed by atoms with van der Waals surface area (Å²) >= 11 is 0.